The van der Waals surface area contributed by atoms with Crippen molar-refractivity contribution < 1.29 is 28.5 Å². The first-order valence-electron chi connectivity index (χ1n) is 12.5. The number of carboxylic acid groups (broad SMARTS) is 1. The summed E-state index contributed by atoms with van der Waals surface area (Å²) in [6, 6.07) is 16.8. The molecule has 0 radical (unpaired) electrons. The molecule has 1 saturated heterocycles. The number of hydrogen-bond donors (Lipinski definition) is 2. The molecule has 0 saturated carbocycles. The van der Waals surface area contributed by atoms with E-state index in [4.69, 9.17) is 4.74 Å². The number of hydrogen-bond acceptors (Lipinski definition) is 4. The van der Waals surface area contributed by atoms with Crippen LogP contribution in [0.3, 0.4) is 0 Å². The van der Waals surface area contributed by atoms with Gasteiger partial charge >= 0.3 is 5.97 Å². The maximum atomic E-state index is 12.2. The van der Waals surface area contributed by atoms with Gasteiger partial charge in [-0.2, -0.15) is 0 Å². The number of aliphatic hydroxyl groups excluding tert-OH is 1. The van der Waals surface area contributed by atoms with Crippen LogP contribution in [0.4, 0.5) is 8.78 Å². The number of aliphatic hydroxyl groups is 1. The van der Waals surface area contributed by atoms with Crippen LogP contribution < -0.4 is 0 Å². The van der Waals surface area contributed by atoms with Gasteiger partial charge in [-0.15, -0.1) is 0 Å². The molecule has 0 spiro atoms. The molecule has 1 heterocycles. The summed E-state index contributed by atoms with van der Waals surface area (Å²) in [4.78, 5) is 13.5. The second-order valence-electron chi connectivity index (χ2n) is 9.51. The van der Waals surface area contributed by atoms with Crippen LogP contribution in [0.2, 0.25) is 0 Å². The number of likely N-dealkylation sites (tertiary alicyclic amines) is 1. The van der Waals surface area contributed by atoms with Crippen molar-refractivity contribution in [1.29, 1.82) is 0 Å². The van der Waals surface area contributed by atoms with Crippen molar-refractivity contribution in [1.82, 2.24) is 4.90 Å². The van der Waals surface area contributed by atoms with Crippen LogP contribution in [0, 0.1) is 25.5 Å². The van der Waals surface area contributed by atoms with E-state index in [1.807, 2.05) is 50.2 Å². The maximum Gasteiger partial charge on any atom is 0.335 e. The number of halogens is 2. The molecule has 2 unspecified atom stereocenters. The van der Waals surface area contributed by atoms with Crippen molar-refractivity contribution in [2.75, 3.05) is 26.2 Å². The highest BCUT2D eigenvalue weighted by molar-refractivity contribution is 5.90. The lowest BCUT2D eigenvalue weighted by molar-refractivity contribution is -0.0131. The second-order valence-corrected chi connectivity index (χ2v) is 9.51. The zero-order valence-electron chi connectivity index (χ0n) is 21.6. The second kappa shape index (κ2) is 13.4. The lowest BCUT2D eigenvalue weighted by Crippen LogP contribution is -2.33. The number of ether oxygens (including phenoxy) is 1. The average molecular weight is 512 g/mol. The lowest BCUT2D eigenvalue weighted by atomic mass is 9.94. The Morgan fingerprint density at radius 3 is 2.24 bits per heavy atom. The van der Waals surface area contributed by atoms with Crippen LogP contribution in [-0.4, -0.2) is 53.4 Å². The summed E-state index contributed by atoms with van der Waals surface area (Å²) in [5.41, 5.74) is 4.66. The highest BCUT2D eigenvalue weighted by Crippen LogP contribution is 2.31. The summed E-state index contributed by atoms with van der Waals surface area (Å²) in [6.45, 7) is 8.51. The summed E-state index contributed by atoms with van der Waals surface area (Å²) < 4.78 is 30.4. The minimum Gasteiger partial charge on any atom is -0.478 e. The van der Waals surface area contributed by atoms with Crippen molar-refractivity contribution in [2.24, 2.45) is 0 Å². The van der Waals surface area contributed by atoms with Crippen molar-refractivity contribution in [2.45, 2.75) is 45.8 Å². The fourth-order valence-electron chi connectivity index (χ4n) is 4.54. The van der Waals surface area contributed by atoms with E-state index in [0.29, 0.717) is 24.3 Å². The van der Waals surface area contributed by atoms with Gasteiger partial charge in [0, 0.05) is 12.6 Å². The van der Waals surface area contributed by atoms with Crippen molar-refractivity contribution in [3.8, 4) is 11.1 Å². The normalized spacial score (nSPS) is 15.1. The molecular formula is C30H35F2NO4. The number of aryl methyl sites for hydroxylation is 2. The summed E-state index contributed by atoms with van der Waals surface area (Å²) in [7, 11) is 0. The highest BCUT2D eigenvalue weighted by Gasteiger charge is 2.19. The van der Waals surface area contributed by atoms with Gasteiger partial charge in [-0.3, -0.25) is 0 Å². The Bertz CT molecular complexity index is 1140. The molecule has 0 aliphatic carbocycles. The first kappa shape index (κ1) is 28.4. The number of rotatable bonds is 8. The number of nitrogens with zero attached hydrogens (tertiary/aromatic N) is 1. The molecule has 198 valence electrons. The van der Waals surface area contributed by atoms with E-state index in [9.17, 15) is 23.8 Å². The molecule has 4 rings (SSSR count). The Balaban J connectivity index is 0.000000356. The van der Waals surface area contributed by atoms with Gasteiger partial charge in [-0.05, 0) is 92.7 Å². The monoisotopic (exact) mass is 511 g/mol. The Kier molecular flexibility index (Phi) is 10.3. The number of β-amino-alcohol motifs (C(OH)–C–C–N with tert-alkyl or cyclic N) is 1. The highest BCUT2D eigenvalue weighted by atomic mass is 19.1. The van der Waals surface area contributed by atoms with Crippen LogP contribution in [0.5, 0.6) is 0 Å². The molecule has 0 bridgehead atoms. The molecule has 37 heavy (non-hydrogen) atoms. The molecule has 5 nitrogen and oxygen atoms in total. The van der Waals surface area contributed by atoms with Crippen molar-refractivity contribution in [3.05, 3.63) is 94.6 Å². The van der Waals surface area contributed by atoms with Crippen molar-refractivity contribution >= 4 is 5.97 Å². The molecule has 2 atom stereocenters. The maximum absolute atomic E-state index is 12.2. The Morgan fingerprint density at radius 1 is 1.00 bits per heavy atom. The summed E-state index contributed by atoms with van der Waals surface area (Å²) in [5.74, 6) is -1.96. The summed E-state index contributed by atoms with van der Waals surface area (Å²) in [5, 5.41) is 19.5. The van der Waals surface area contributed by atoms with Crippen LogP contribution >= 0.6 is 0 Å². The van der Waals surface area contributed by atoms with Gasteiger partial charge in [0.2, 0.25) is 0 Å². The first-order valence-corrected chi connectivity index (χ1v) is 12.5. The predicted octanol–water partition coefficient (Wildman–Crippen LogP) is 6.17. The predicted molar refractivity (Wildman–Crippen MR) is 141 cm³/mol. The Morgan fingerprint density at radius 2 is 1.65 bits per heavy atom. The minimum absolute atomic E-state index is 0.177. The van der Waals surface area contributed by atoms with Crippen LogP contribution in [0.1, 0.15) is 52.9 Å². The SMILES string of the molecule is Cc1cc(-c2ccccc2C(C)OCC(O)CN2CCCC2)ccc1C(=O)O.Cc1cc(F)cc(F)c1. The van der Waals surface area contributed by atoms with Gasteiger partial charge in [0.1, 0.15) is 11.6 Å². The van der Waals surface area contributed by atoms with E-state index in [2.05, 4.69) is 4.90 Å². The van der Waals surface area contributed by atoms with Gasteiger partial charge in [-0.25, -0.2) is 13.6 Å². The third-order valence-electron chi connectivity index (χ3n) is 6.38. The van der Waals surface area contributed by atoms with E-state index in [1.165, 1.54) is 25.0 Å². The average Bonchev–Trinajstić information content (AvgIpc) is 3.34. The summed E-state index contributed by atoms with van der Waals surface area (Å²) in [6.07, 6.45) is 1.74. The van der Waals surface area contributed by atoms with Crippen LogP contribution in [0.25, 0.3) is 11.1 Å². The number of carbonyl (C=O) groups is 1. The van der Waals surface area contributed by atoms with Crippen molar-refractivity contribution in [3.63, 3.8) is 0 Å². The number of aromatic carboxylic acids is 1. The molecular weight excluding hydrogens is 476 g/mol. The standard InChI is InChI=1S/C23H29NO4.C7H6F2/c1-16-13-18(9-10-20(16)23(26)27)22-8-4-3-7-21(22)17(2)28-15-19(25)14-24-11-5-6-12-24;1-5-2-6(8)4-7(9)3-5/h3-4,7-10,13,17,19,25H,5-6,11-12,14-15H2,1-2H3,(H,26,27);2-4H,1H3. The van der Waals surface area contributed by atoms with Gasteiger partial charge in [-0.1, -0.05) is 36.4 Å². The molecule has 3 aromatic carbocycles. The van der Waals surface area contributed by atoms with E-state index < -0.39 is 23.7 Å². The van der Waals surface area contributed by atoms with E-state index in [-0.39, 0.29) is 6.10 Å². The van der Waals surface area contributed by atoms with Gasteiger partial charge in [0.25, 0.3) is 0 Å². The van der Waals surface area contributed by atoms with Gasteiger partial charge < -0.3 is 19.8 Å². The van der Waals surface area contributed by atoms with Crippen LogP contribution in [0.15, 0.2) is 60.7 Å². The quantitative estimate of drug-likeness (QED) is 0.379. The molecule has 2 N–H and O–H groups in total. The fraction of sp³-hybridized carbons (Fsp3) is 0.367. The molecule has 1 aliphatic heterocycles. The van der Waals surface area contributed by atoms with E-state index >= 15 is 0 Å². The molecule has 1 fully saturated rings. The number of benzene rings is 3. The van der Waals surface area contributed by atoms with Crippen LogP contribution in [-0.2, 0) is 4.74 Å². The van der Waals surface area contributed by atoms with Gasteiger partial charge in [0.15, 0.2) is 0 Å². The topological polar surface area (TPSA) is 70.0 Å². The largest absolute Gasteiger partial charge is 0.478 e. The number of carboxylic acids is 1. The first-order chi connectivity index (χ1) is 17.6. The third-order valence-corrected chi connectivity index (χ3v) is 6.38. The lowest BCUT2D eigenvalue weighted by Gasteiger charge is -2.22. The smallest absolute Gasteiger partial charge is 0.335 e. The molecule has 7 heteroatoms. The third kappa shape index (κ3) is 8.45. The van der Waals surface area contributed by atoms with Gasteiger partial charge in [0.05, 0.1) is 24.4 Å². The molecule has 3 aromatic rings. The zero-order chi connectivity index (χ0) is 26.9. The fourth-order valence-corrected chi connectivity index (χ4v) is 4.54. The zero-order valence-corrected chi connectivity index (χ0v) is 21.6. The Hall–Kier alpha value is -3.13. The molecule has 0 amide bonds. The minimum atomic E-state index is -0.916. The molecule has 1 aliphatic rings. The van der Waals surface area contributed by atoms with E-state index in [0.717, 1.165) is 41.4 Å². The summed E-state index contributed by atoms with van der Waals surface area (Å²) >= 11 is 0. The molecule has 0 aromatic heterocycles. The Labute approximate surface area is 217 Å². The van der Waals surface area contributed by atoms with E-state index in [1.54, 1.807) is 13.0 Å².